The van der Waals surface area contributed by atoms with Gasteiger partial charge in [-0.25, -0.2) is 0 Å². The molecule has 1 aromatic heterocycles. The van der Waals surface area contributed by atoms with Crippen molar-refractivity contribution < 1.29 is 0 Å². The first-order valence-corrected chi connectivity index (χ1v) is 8.82. The van der Waals surface area contributed by atoms with Crippen LogP contribution in [0.5, 0.6) is 0 Å². The number of aromatic nitrogens is 2. The van der Waals surface area contributed by atoms with Crippen molar-refractivity contribution in [3.05, 3.63) is 15.9 Å². The Labute approximate surface area is 123 Å². The summed E-state index contributed by atoms with van der Waals surface area (Å²) in [6.07, 6.45) is 4.30. The highest BCUT2D eigenvalue weighted by atomic mass is 79.9. The summed E-state index contributed by atoms with van der Waals surface area (Å²) in [6.45, 7) is 8.33. The molecule has 18 heavy (non-hydrogen) atoms. The van der Waals surface area contributed by atoms with E-state index in [9.17, 15) is 0 Å². The zero-order valence-electron chi connectivity index (χ0n) is 11.8. The van der Waals surface area contributed by atoms with E-state index in [0.717, 1.165) is 31.0 Å². The lowest BCUT2D eigenvalue weighted by Crippen LogP contribution is -2.31. The van der Waals surface area contributed by atoms with E-state index in [0.29, 0.717) is 6.04 Å². The maximum Gasteiger partial charge on any atom is 0.0767 e. The minimum Gasteiger partial charge on any atom is -0.308 e. The van der Waals surface area contributed by atoms with Crippen LogP contribution in [0.4, 0.5) is 0 Å². The van der Waals surface area contributed by atoms with Crippen molar-refractivity contribution in [2.75, 3.05) is 12.0 Å². The van der Waals surface area contributed by atoms with Gasteiger partial charge in [-0.15, -0.1) is 0 Å². The highest BCUT2D eigenvalue weighted by molar-refractivity contribution is 9.10. The second-order valence-electron chi connectivity index (χ2n) is 4.32. The molecule has 0 radical (unpaired) electrons. The lowest BCUT2D eigenvalue weighted by Gasteiger charge is -2.16. The molecule has 1 atom stereocenters. The van der Waals surface area contributed by atoms with Crippen LogP contribution < -0.4 is 5.32 Å². The molecule has 3 nitrogen and oxygen atoms in total. The van der Waals surface area contributed by atoms with Crippen molar-refractivity contribution >= 4 is 27.7 Å². The third kappa shape index (κ3) is 4.00. The predicted molar refractivity (Wildman–Crippen MR) is 84.3 cm³/mol. The van der Waals surface area contributed by atoms with Crippen molar-refractivity contribution in [2.24, 2.45) is 0 Å². The highest BCUT2D eigenvalue weighted by Gasteiger charge is 2.14. The van der Waals surface area contributed by atoms with Gasteiger partial charge in [0.05, 0.1) is 15.9 Å². The predicted octanol–water partition coefficient (Wildman–Crippen LogP) is 3.46. The van der Waals surface area contributed by atoms with Crippen LogP contribution in [0.1, 0.15) is 38.6 Å². The maximum absolute atomic E-state index is 4.62. The molecule has 5 heteroatoms. The van der Waals surface area contributed by atoms with Crippen LogP contribution in [-0.2, 0) is 19.5 Å². The zero-order chi connectivity index (χ0) is 13.5. The Morgan fingerprint density at radius 2 is 2.11 bits per heavy atom. The Morgan fingerprint density at radius 1 is 1.39 bits per heavy atom. The van der Waals surface area contributed by atoms with Gasteiger partial charge in [0, 0.05) is 24.9 Å². The molecule has 1 rings (SSSR count). The molecule has 0 fully saturated rings. The number of halogens is 1. The molecule has 0 spiro atoms. The average Bonchev–Trinajstić information content (AvgIpc) is 2.70. The first-order chi connectivity index (χ1) is 8.67. The molecule has 1 N–H and O–H groups in total. The molecule has 1 aromatic rings. The van der Waals surface area contributed by atoms with Crippen LogP contribution in [0.15, 0.2) is 4.47 Å². The molecular weight excluding hydrogens is 310 g/mol. The van der Waals surface area contributed by atoms with Crippen LogP contribution in [0.3, 0.4) is 0 Å². The van der Waals surface area contributed by atoms with Gasteiger partial charge in [0.1, 0.15) is 0 Å². The molecule has 0 aromatic carbocycles. The topological polar surface area (TPSA) is 29.9 Å². The largest absolute Gasteiger partial charge is 0.308 e. The lowest BCUT2D eigenvalue weighted by molar-refractivity contribution is 0.510. The van der Waals surface area contributed by atoms with Gasteiger partial charge in [-0.2, -0.15) is 16.9 Å². The van der Waals surface area contributed by atoms with E-state index in [4.69, 9.17) is 0 Å². The van der Waals surface area contributed by atoms with Crippen LogP contribution in [0.2, 0.25) is 0 Å². The van der Waals surface area contributed by atoms with Crippen LogP contribution in [-0.4, -0.2) is 27.8 Å². The van der Waals surface area contributed by atoms with E-state index >= 15 is 0 Å². The summed E-state index contributed by atoms with van der Waals surface area (Å²) < 4.78 is 3.28. The summed E-state index contributed by atoms with van der Waals surface area (Å²) in [4.78, 5) is 0. The number of rotatable bonds is 8. The summed E-state index contributed by atoms with van der Waals surface area (Å²) in [5.41, 5.74) is 2.43. The van der Waals surface area contributed by atoms with Gasteiger partial charge < -0.3 is 5.32 Å². The van der Waals surface area contributed by atoms with Crippen molar-refractivity contribution in [1.82, 2.24) is 15.1 Å². The monoisotopic (exact) mass is 333 g/mol. The standard InChI is InChI=1S/C13H24BrN3S/c1-5-10(9-18-4)15-8-12-13(14)11(6-2)16-17(12)7-3/h10,15H,5-9H2,1-4H3. The molecule has 1 heterocycles. The van der Waals surface area contributed by atoms with Gasteiger partial charge in [-0.05, 0) is 42.0 Å². The quantitative estimate of drug-likeness (QED) is 0.790. The van der Waals surface area contributed by atoms with E-state index in [1.807, 2.05) is 11.8 Å². The van der Waals surface area contributed by atoms with Gasteiger partial charge in [-0.3, -0.25) is 4.68 Å². The van der Waals surface area contributed by atoms with Gasteiger partial charge in [0.2, 0.25) is 0 Å². The number of hydrogen-bond donors (Lipinski definition) is 1. The van der Waals surface area contributed by atoms with E-state index in [2.05, 4.69) is 58.1 Å². The van der Waals surface area contributed by atoms with Gasteiger partial charge in [0.25, 0.3) is 0 Å². The molecule has 0 amide bonds. The van der Waals surface area contributed by atoms with Gasteiger partial charge in [0.15, 0.2) is 0 Å². The maximum atomic E-state index is 4.62. The molecular formula is C13H24BrN3S. The average molecular weight is 334 g/mol. The molecule has 0 aliphatic carbocycles. The Hall–Kier alpha value is -0.000000000000000111. The Balaban J connectivity index is 2.73. The minimum atomic E-state index is 0.581. The van der Waals surface area contributed by atoms with Gasteiger partial charge >= 0.3 is 0 Å². The number of hydrogen-bond acceptors (Lipinski definition) is 3. The molecule has 0 saturated heterocycles. The van der Waals surface area contributed by atoms with Gasteiger partial charge in [-0.1, -0.05) is 13.8 Å². The Bertz CT molecular complexity index is 365. The molecule has 1 unspecified atom stereocenters. The van der Waals surface area contributed by atoms with Crippen molar-refractivity contribution in [2.45, 2.75) is 52.7 Å². The molecule has 104 valence electrons. The Morgan fingerprint density at radius 3 is 2.61 bits per heavy atom. The van der Waals surface area contributed by atoms with Crippen LogP contribution in [0.25, 0.3) is 0 Å². The SMILES string of the molecule is CCc1nn(CC)c(CNC(CC)CSC)c1Br. The molecule has 0 saturated carbocycles. The normalized spacial score (nSPS) is 12.9. The summed E-state index contributed by atoms with van der Waals surface area (Å²) >= 11 is 5.58. The van der Waals surface area contributed by atoms with E-state index in [1.54, 1.807) is 0 Å². The molecule has 0 aliphatic rings. The fraction of sp³-hybridized carbons (Fsp3) is 0.769. The smallest absolute Gasteiger partial charge is 0.0767 e. The highest BCUT2D eigenvalue weighted by Crippen LogP contribution is 2.22. The number of nitrogens with zero attached hydrogens (tertiary/aromatic N) is 2. The van der Waals surface area contributed by atoms with Crippen LogP contribution >= 0.6 is 27.7 Å². The van der Waals surface area contributed by atoms with Crippen molar-refractivity contribution in [1.29, 1.82) is 0 Å². The number of nitrogens with one attached hydrogen (secondary N) is 1. The summed E-state index contributed by atoms with van der Waals surface area (Å²) in [7, 11) is 0. The molecule has 0 aliphatic heterocycles. The van der Waals surface area contributed by atoms with E-state index in [-0.39, 0.29) is 0 Å². The summed E-state index contributed by atoms with van der Waals surface area (Å²) in [5.74, 6) is 1.16. The second kappa shape index (κ2) is 8.23. The third-order valence-corrected chi connectivity index (χ3v) is 4.76. The third-order valence-electron chi connectivity index (χ3n) is 3.11. The number of aryl methyl sites for hydroxylation is 2. The van der Waals surface area contributed by atoms with E-state index < -0.39 is 0 Å². The first-order valence-electron chi connectivity index (χ1n) is 6.64. The Kier molecular flexibility index (Phi) is 7.34. The van der Waals surface area contributed by atoms with Crippen LogP contribution in [0, 0.1) is 0 Å². The molecule has 0 bridgehead atoms. The minimum absolute atomic E-state index is 0.581. The summed E-state index contributed by atoms with van der Waals surface area (Å²) in [6, 6.07) is 0.581. The zero-order valence-corrected chi connectivity index (χ0v) is 14.2. The number of thioether (sulfide) groups is 1. The summed E-state index contributed by atoms with van der Waals surface area (Å²) in [5, 5.41) is 8.25. The van der Waals surface area contributed by atoms with E-state index in [1.165, 1.54) is 16.6 Å². The van der Waals surface area contributed by atoms with Crippen molar-refractivity contribution in [3.63, 3.8) is 0 Å². The fourth-order valence-corrected chi connectivity index (χ4v) is 3.41. The van der Waals surface area contributed by atoms with Crippen molar-refractivity contribution in [3.8, 4) is 0 Å². The second-order valence-corrected chi connectivity index (χ2v) is 6.02. The lowest BCUT2D eigenvalue weighted by atomic mass is 10.2. The fourth-order valence-electron chi connectivity index (χ4n) is 1.95. The first kappa shape index (κ1) is 16.1.